The molecule has 8 rings (SSSR count). The van der Waals surface area contributed by atoms with Crippen LogP contribution in [-0.4, -0.2) is 38.9 Å². The van der Waals surface area contributed by atoms with Crippen molar-refractivity contribution in [3.63, 3.8) is 0 Å². The molecule has 4 aliphatic rings. The smallest absolute Gasteiger partial charge is 0.229 e. The van der Waals surface area contributed by atoms with E-state index < -0.39 is 0 Å². The molecule has 6 nitrogen and oxygen atoms in total. The minimum Gasteiger partial charge on any atom is -0.493 e. The van der Waals surface area contributed by atoms with E-state index in [9.17, 15) is 4.79 Å². The number of para-hydroxylation sites is 1. The van der Waals surface area contributed by atoms with Crippen molar-refractivity contribution >= 4 is 16.8 Å². The molecule has 1 aliphatic heterocycles. The lowest BCUT2D eigenvalue weighted by atomic mass is 9.35. The lowest BCUT2D eigenvalue weighted by Crippen LogP contribution is -2.70. The van der Waals surface area contributed by atoms with Crippen molar-refractivity contribution in [2.45, 2.75) is 58.4 Å². The summed E-state index contributed by atoms with van der Waals surface area (Å²) in [4.78, 5) is 29.7. The van der Waals surface area contributed by atoms with Crippen LogP contribution in [0.3, 0.4) is 0 Å². The maximum Gasteiger partial charge on any atom is 0.229 e. The average Bonchev–Trinajstić information content (AvgIpc) is 2.90. The Morgan fingerprint density at radius 3 is 2.54 bits per heavy atom. The lowest BCUT2D eigenvalue weighted by Gasteiger charge is -2.69. The van der Waals surface area contributed by atoms with Crippen molar-refractivity contribution in [2.75, 3.05) is 13.2 Å². The summed E-state index contributed by atoms with van der Waals surface area (Å²) in [6, 6.07) is 18.6. The van der Waals surface area contributed by atoms with E-state index in [0.717, 1.165) is 65.7 Å². The first kappa shape index (κ1) is 24.3. The Bertz CT molecular complexity index is 1570. The Morgan fingerprint density at radius 2 is 1.77 bits per heavy atom. The zero-order valence-electron chi connectivity index (χ0n) is 22.9. The zero-order valence-corrected chi connectivity index (χ0v) is 22.9. The molecule has 0 atom stereocenters. The molecule has 2 aromatic carbocycles. The molecule has 4 aromatic rings. The number of ether oxygens (including phenoxy) is 1. The summed E-state index contributed by atoms with van der Waals surface area (Å²) < 4.78 is 6.17. The number of rotatable bonds is 5. The minimum absolute atomic E-state index is 0.134. The maximum atomic E-state index is 13.6. The fourth-order valence-corrected chi connectivity index (χ4v) is 6.81. The van der Waals surface area contributed by atoms with E-state index in [2.05, 4.69) is 67.1 Å². The van der Waals surface area contributed by atoms with Crippen LogP contribution < -0.4 is 4.74 Å². The molecular weight excluding hydrogens is 484 g/mol. The van der Waals surface area contributed by atoms with E-state index in [4.69, 9.17) is 9.72 Å². The average molecular weight is 519 g/mol. The monoisotopic (exact) mass is 518 g/mol. The molecule has 6 heteroatoms. The zero-order chi connectivity index (χ0) is 26.8. The number of benzene rings is 2. The van der Waals surface area contributed by atoms with E-state index in [1.165, 1.54) is 5.56 Å². The number of fused-ring (bicyclic) bond motifs is 2. The molecule has 0 unspecified atom stereocenters. The van der Waals surface area contributed by atoms with E-state index in [1.54, 1.807) is 0 Å². The molecule has 3 saturated carbocycles. The van der Waals surface area contributed by atoms with Crippen LogP contribution in [0.2, 0.25) is 0 Å². The second-order valence-corrected chi connectivity index (χ2v) is 12.9. The summed E-state index contributed by atoms with van der Waals surface area (Å²) in [5.41, 5.74) is 5.34. The van der Waals surface area contributed by atoms with Gasteiger partial charge in [-0.3, -0.25) is 9.78 Å². The Balaban J connectivity index is 0.991. The van der Waals surface area contributed by atoms with Crippen molar-refractivity contribution in [1.82, 2.24) is 19.9 Å². The maximum absolute atomic E-state index is 13.6. The summed E-state index contributed by atoms with van der Waals surface area (Å²) in [5, 5.41) is 1.07. The standard InChI is InChI=1S/C33H34N4O2/c1-31(2,3)25-8-10-26(11-9-25)39-21-32-18-33(19-32,20-32)30(38)37-13-12-23-15-35-29(36-28(23)17-37)24-14-22-6-4-5-7-27(22)34-16-24/h4-11,14-16H,12-13,17-21H2,1-3H3. The van der Waals surface area contributed by atoms with Gasteiger partial charge in [-0.05, 0) is 66.5 Å². The first-order valence-electron chi connectivity index (χ1n) is 13.9. The van der Waals surface area contributed by atoms with Gasteiger partial charge in [-0.15, -0.1) is 0 Å². The number of amides is 1. The van der Waals surface area contributed by atoms with Gasteiger partial charge in [0.2, 0.25) is 5.91 Å². The highest BCUT2D eigenvalue weighted by molar-refractivity contribution is 5.87. The van der Waals surface area contributed by atoms with Crippen LogP contribution in [-0.2, 0) is 23.2 Å². The van der Waals surface area contributed by atoms with E-state index >= 15 is 0 Å². The van der Waals surface area contributed by atoms with E-state index in [1.807, 2.05) is 35.5 Å². The van der Waals surface area contributed by atoms with Crippen LogP contribution in [0.15, 0.2) is 67.0 Å². The van der Waals surface area contributed by atoms with E-state index in [-0.39, 0.29) is 22.2 Å². The summed E-state index contributed by atoms with van der Waals surface area (Å²) >= 11 is 0. The first-order chi connectivity index (χ1) is 18.7. The van der Waals surface area contributed by atoms with Gasteiger partial charge in [-0.2, -0.15) is 0 Å². The molecule has 2 aromatic heterocycles. The molecule has 0 N–H and O–H groups in total. The van der Waals surface area contributed by atoms with Gasteiger partial charge in [0.1, 0.15) is 5.75 Å². The Morgan fingerprint density at radius 1 is 1.00 bits per heavy atom. The number of hydrogen-bond donors (Lipinski definition) is 0. The largest absolute Gasteiger partial charge is 0.493 e. The van der Waals surface area contributed by atoms with Crippen molar-refractivity contribution in [3.8, 4) is 17.1 Å². The SMILES string of the molecule is CC(C)(C)c1ccc(OCC23CC(C(=O)N4CCc5cnc(-c6cnc7ccccc7c6)nc5C4)(C2)C3)cc1. The third-order valence-corrected chi connectivity index (χ3v) is 8.94. The Hall–Kier alpha value is -3.80. The summed E-state index contributed by atoms with van der Waals surface area (Å²) in [5.74, 6) is 1.87. The van der Waals surface area contributed by atoms with Gasteiger partial charge in [0.25, 0.3) is 0 Å². The number of aromatic nitrogens is 3. The number of carbonyl (C=O) groups excluding carboxylic acids is 1. The molecule has 198 valence electrons. The molecule has 0 saturated heterocycles. The summed E-state index contributed by atoms with van der Waals surface area (Å²) in [7, 11) is 0. The molecule has 3 heterocycles. The van der Waals surface area contributed by atoms with Crippen molar-refractivity contribution in [1.29, 1.82) is 0 Å². The van der Waals surface area contributed by atoms with Gasteiger partial charge in [0, 0.05) is 35.3 Å². The van der Waals surface area contributed by atoms with Crippen molar-refractivity contribution < 1.29 is 9.53 Å². The normalized spacial score (nSPS) is 23.5. The summed E-state index contributed by atoms with van der Waals surface area (Å²) in [6.07, 6.45) is 7.35. The third-order valence-electron chi connectivity index (χ3n) is 8.94. The van der Waals surface area contributed by atoms with Gasteiger partial charge >= 0.3 is 0 Å². The predicted molar refractivity (Wildman–Crippen MR) is 151 cm³/mol. The molecule has 3 aliphatic carbocycles. The van der Waals surface area contributed by atoms with Crippen LogP contribution in [0.5, 0.6) is 5.75 Å². The second kappa shape index (κ2) is 8.60. The third kappa shape index (κ3) is 4.17. The molecule has 2 bridgehead atoms. The van der Waals surface area contributed by atoms with Gasteiger partial charge in [-0.1, -0.05) is 51.1 Å². The molecule has 3 fully saturated rings. The van der Waals surface area contributed by atoms with E-state index in [0.29, 0.717) is 19.0 Å². The molecule has 0 radical (unpaired) electrons. The lowest BCUT2D eigenvalue weighted by molar-refractivity contribution is -0.226. The quantitative estimate of drug-likeness (QED) is 0.318. The predicted octanol–water partition coefficient (Wildman–Crippen LogP) is 6.12. The minimum atomic E-state index is -0.199. The number of pyridine rings is 1. The van der Waals surface area contributed by atoms with Crippen LogP contribution in [0.4, 0.5) is 0 Å². The molecule has 0 spiro atoms. The van der Waals surface area contributed by atoms with Gasteiger partial charge in [0.05, 0.1) is 29.8 Å². The number of carbonyl (C=O) groups is 1. The molecular formula is C33H34N4O2. The molecule has 39 heavy (non-hydrogen) atoms. The molecule has 1 amide bonds. The van der Waals surface area contributed by atoms with Gasteiger partial charge < -0.3 is 9.64 Å². The topological polar surface area (TPSA) is 68.2 Å². The van der Waals surface area contributed by atoms with Crippen LogP contribution >= 0.6 is 0 Å². The highest BCUT2D eigenvalue weighted by Crippen LogP contribution is 2.73. The summed E-state index contributed by atoms with van der Waals surface area (Å²) in [6.45, 7) is 8.63. The fourth-order valence-electron chi connectivity index (χ4n) is 6.81. The Kier molecular flexibility index (Phi) is 5.35. The van der Waals surface area contributed by atoms with Crippen LogP contribution in [0.1, 0.15) is 56.9 Å². The fraction of sp³-hybridized carbons (Fsp3) is 0.394. The highest BCUT2D eigenvalue weighted by Gasteiger charge is 2.72. The highest BCUT2D eigenvalue weighted by atomic mass is 16.5. The van der Waals surface area contributed by atoms with Crippen LogP contribution in [0.25, 0.3) is 22.3 Å². The van der Waals surface area contributed by atoms with Gasteiger partial charge in [-0.25, -0.2) is 9.97 Å². The van der Waals surface area contributed by atoms with Gasteiger partial charge in [0.15, 0.2) is 5.82 Å². The second-order valence-electron chi connectivity index (χ2n) is 12.9. The Labute approximate surface area is 229 Å². The number of hydrogen-bond acceptors (Lipinski definition) is 5. The number of nitrogens with zero attached hydrogens (tertiary/aromatic N) is 4. The van der Waals surface area contributed by atoms with Crippen molar-refractivity contribution in [3.05, 3.63) is 83.8 Å². The first-order valence-corrected chi connectivity index (χ1v) is 13.9. The van der Waals surface area contributed by atoms with Crippen LogP contribution in [0, 0.1) is 10.8 Å². The van der Waals surface area contributed by atoms with Crippen molar-refractivity contribution in [2.24, 2.45) is 10.8 Å².